The standard InChI is InChI=1S/C18H21N5O/c1-12-9-15(19-2)11-16(10-12)23-18(24)22-14-5-3-13(4-6-14)17-20-7-8-21-17/h3-6,9-11,19H,7-8H2,1-2H3,(H,20,21)(H2,22,23,24). The molecular formula is C18H21N5O. The van der Waals surface area contributed by atoms with Crippen LogP contribution in [0.15, 0.2) is 47.5 Å². The molecule has 6 nitrogen and oxygen atoms in total. The van der Waals surface area contributed by atoms with Gasteiger partial charge in [0.15, 0.2) is 0 Å². The molecule has 0 bridgehead atoms. The van der Waals surface area contributed by atoms with Gasteiger partial charge in [-0.1, -0.05) is 0 Å². The highest BCUT2D eigenvalue weighted by Crippen LogP contribution is 2.18. The lowest BCUT2D eigenvalue weighted by Crippen LogP contribution is -2.20. The number of nitrogens with zero attached hydrogens (tertiary/aromatic N) is 1. The summed E-state index contributed by atoms with van der Waals surface area (Å²) in [6.07, 6.45) is 0. The maximum absolute atomic E-state index is 12.2. The summed E-state index contributed by atoms with van der Waals surface area (Å²) in [6.45, 7) is 3.67. The fraction of sp³-hybridized carbons (Fsp3) is 0.222. The van der Waals surface area contributed by atoms with E-state index in [0.717, 1.165) is 47.1 Å². The van der Waals surface area contributed by atoms with Gasteiger partial charge in [-0.2, -0.15) is 0 Å². The third-order valence-electron chi connectivity index (χ3n) is 3.71. The van der Waals surface area contributed by atoms with E-state index in [1.54, 1.807) is 0 Å². The van der Waals surface area contributed by atoms with Gasteiger partial charge in [-0.25, -0.2) is 4.79 Å². The number of urea groups is 1. The van der Waals surface area contributed by atoms with Gasteiger partial charge in [-0.15, -0.1) is 0 Å². The van der Waals surface area contributed by atoms with E-state index in [4.69, 9.17) is 0 Å². The molecule has 2 aromatic carbocycles. The third kappa shape index (κ3) is 3.84. The van der Waals surface area contributed by atoms with Gasteiger partial charge in [0, 0.05) is 36.2 Å². The van der Waals surface area contributed by atoms with Crippen LogP contribution in [0.25, 0.3) is 0 Å². The van der Waals surface area contributed by atoms with Crippen LogP contribution in [0.3, 0.4) is 0 Å². The average molecular weight is 323 g/mol. The van der Waals surface area contributed by atoms with Crippen molar-refractivity contribution >= 4 is 28.9 Å². The van der Waals surface area contributed by atoms with E-state index in [1.165, 1.54) is 0 Å². The number of benzene rings is 2. The highest BCUT2D eigenvalue weighted by Gasteiger charge is 2.08. The van der Waals surface area contributed by atoms with Crippen molar-refractivity contribution in [1.29, 1.82) is 0 Å². The van der Waals surface area contributed by atoms with Crippen molar-refractivity contribution < 1.29 is 4.79 Å². The molecule has 0 unspecified atom stereocenters. The average Bonchev–Trinajstić information content (AvgIpc) is 3.09. The topological polar surface area (TPSA) is 77.5 Å². The molecule has 0 aliphatic carbocycles. The van der Waals surface area contributed by atoms with Crippen LogP contribution in [0.5, 0.6) is 0 Å². The molecule has 0 atom stereocenters. The van der Waals surface area contributed by atoms with Crippen molar-refractivity contribution in [1.82, 2.24) is 5.32 Å². The summed E-state index contributed by atoms with van der Waals surface area (Å²) in [4.78, 5) is 16.5. The minimum Gasteiger partial charge on any atom is -0.388 e. The van der Waals surface area contributed by atoms with Crippen LogP contribution in [0.1, 0.15) is 11.1 Å². The first-order chi connectivity index (χ1) is 11.6. The fourth-order valence-electron chi connectivity index (χ4n) is 2.60. The Hall–Kier alpha value is -3.02. The Labute approximate surface area is 141 Å². The normalized spacial score (nSPS) is 13.0. The van der Waals surface area contributed by atoms with Gasteiger partial charge in [0.2, 0.25) is 0 Å². The molecule has 2 aromatic rings. The molecule has 0 radical (unpaired) electrons. The summed E-state index contributed by atoms with van der Waals surface area (Å²) in [5, 5.41) is 12.0. The van der Waals surface area contributed by atoms with Crippen molar-refractivity contribution in [2.75, 3.05) is 36.1 Å². The van der Waals surface area contributed by atoms with E-state index >= 15 is 0 Å². The molecule has 0 aromatic heterocycles. The summed E-state index contributed by atoms with van der Waals surface area (Å²) in [6, 6.07) is 13.2. The van der Waals surface area contributed by atoms with Crippen molar-refractivity contribution in [2.24, 2.45) is 4.99 Å². The Bertz CT molecular complexity index is 767. The van der Waals surface area contributed by atoms with Crippen LogP contribution in [-0.2, 0) is 0 Å². The van der Waals surface area contributed by atoms with Crippen LogP contribution < -0.4 is 21.3 Å². The highest BCUT2D eigenvalue weighted by atomic mass is 16.2. The molecule has 6 heteroatoms. The van der Waals surface area contributed by atoms with Gasteiger partial charge < -0.3 is 21.3 Å². The van der Waals surface area contributed by atoms with Gasteiger partial charge in [0.1, 0.15) is 5.84 Å². The van der Waals surface area contributed by atoms with Crippen molar-refractivity contribution in [3.8, 4) is 0 Å². The fourth-order valence-corrected chi connectivity index (χ4v) is 2.60. The second kappa shape index (κ2) is 7.04. The number of hydrogen-bond donors (Lipinski definition) is 4. The van der Waals surface area contributed by atoms with E-state index in [9.17, 15) is 4.79 Å². The lowest BCUT2D eigenvalue weighted by Gasteiger charge is -2.11. The largest absolute Gasteiger partial charge is 0.388 e. The van der Waals surface area contributed by atoms with Crippen molar-refractivity contribution in [3.63, 3.8) is 0 Å². The van der Waals surface area contributed by atoms with Crippen LogP contribution in [0.2, 0.25) is 0 Å². The quantitative estimate of drug-likeness (QED) is 0.698. The Kier molecular flexibility index (Phi) is 4.65. The second-order valence-corrected chi connectivity index (χ2v) is 5.65. The second-order valence-electron chi connectivity index (χ2n) is 5.65. The first-order valence-electron chi connectivity index (χ1n) is 7.90. The number of aliphatic imine (C=N–C) groups is 1. The van der Waals surface area contributed by atoms with Gasteiger partial charge in [-0.3, -0.25) is 4.99 Å². The summed E-state index contributed by atoms with van der Waals surface area (Å²) in [7, 11) is 1.85. The Morgan fingerprint density at radius 2 is 1.75 bits per heavy atom. The molecule has 0 saturated heterocycles. The number of carbonyl (C=O) groups is 1. The molecule has 1 heterocycles. The van der Waals surface area contributed by atoms with E-state index in [2.05, 4.69) is 26.3 Å². The Morgan fingerprint density at radius 1 is 1.04 bits per heavy atom. The van der Waals surface area contributed by atoms with E-state index in [1.807, 2.05) is 56.4 Å². The molecule has 3 rings (SSSR count). The Morgan fingerprint density at radius 3 is 2.42 bits per heavy atom. The summed E-state index contributed by atoms with van der Waals surface area (Å²) in [5.41, 5.74) is 4.54. The molecule has 2 amide bonds. The highest BCUT2D eigenvalue weighted by molar-refractivity contribution is 6.02. The molecule has 124 valence electrons. The predicted molar refractivity (Wildman–Crippen MR) is 99.2 cm³/mol. The minimum atomic E-state index is -0.272. The molecule has 4 N–H and O–H groups in total. The summed E-state index contributed by atoms with van der Waals surface area (Å²) in [5.74, 6) is 0.908. The van der Waals surface area contributed by atoms with E-state index in [0.29, 0.717) is 0 Å². The summed E-state index contributed by atoms with van der Waals surface area (Å²) < 4.78 is 0. The molecule has 1 aliphatic heterocycles. The van der Waals surface area contributed by atoms with E-state index in [-0.39, 0.29) is 6.03 Å². The first-order valence-corrected chi connectivity index (χ1v) is 7.90. The molecule has 0 fully saturated rings. The Balaban J connectivity index is 1.63. The zero-order valence-corrected chi connectivity index (χ0v) is 13.8. The number of carbonyl (C=O) groups excluding carboxylic acids is 1. The zero-order chi connectivity index (χ0) is 16.9. The number of amides is 2. The minimum absolute atomic E-state index is 0.272. The summed E-state index contributed by atoms with van der Waals surface area (Å²) >= 11 is 0. The lowest BCUT2D eigenvalue weighted by atomic mass is 10.2. The van der Waals surface area contributed by atoms with Gasteiger partial charge in [-0.05, 0) is 55.0 Å². The van der Waals surface area contributed by atoms with Crippen LogP contribution in [0, 0.1) is 6.92 Å². The van der Waals surface area contributed by atoms with Gasteiger partial charge in [0.25, 0.3) is 0 Å². The number of rotatable bonds is 4. The lowest BCUT2D eigenvalue weighted by molar-refractivity contribution is 0.262. The molecule has 24 heavy (non-hydrogen) atoms. The maximum atomic E-state index is 12.2. The number of amidine groups is 1. The van der Waals surface area contributed by atoms with Gasteiger partial charge >= 0.3 is 6.03 Å². The van der Waals surface area contributed by atoms with E-state index < -0.39 is 0 Å². The molecular weight excluding hydrogens is 302 g/mol. The predicted octanol–water partition coefficient (Wildman–Crippen LogP) is 3.03. The zero-order valence-electron chi connectivity index (χ0n) is 13.8. The monoisotopic (exact) mass is 323 g/mol. The SMILES string of the molecule is CNc1cc(C)cc(NC(=O)Nc2ccc(C3=NCCN3)cc2)c1. The van der Waals surface area contributed by atoms with Crippen LogP contribution in [0.4, 0.5) is 21.9 Å². The smallest absolute Gasteiger partial charge is 0.323 e. The number of hydrogen-bond acceptors (Lipinski definition) is 4. The molecule has 0 spiro atoms. The molecule has 1 aliphatic rings. The maximum Gasteiger partial charge on any atom is 0.323 e. The molecule has 0 saturated carbocycles. The van der Waals surface area contributed by atoms with Crippen LogP contribution in [-0.4, -0.2) is 32.0 Å². The van der Waals surface area contributed by atoms with Crippen molar-refractivity contribution in [3.05, 3.63) is 53.6 Å². The van der Waals surface area contributed by atoms with Gasteiger partial charge in [0.05, 0.1) is 6.54 Å². The first kappa shape index (κ1) is 15.9. The van der Waals surface area contributed by atoms with Crippen molar-refractivity contribution in [2.45, 2.75) is 6.92 Å². The third-order valence-corrected chi connectivity index (χ3v) is 3.71. The number of anilines is 3. The van der Waals surface area contributed by atoms with Crippen LogP contribution >= 0.6 is 0 Å². The number of nitrogens with one attached hydrogen (secondary N) is 4. The number of aryl methyl sites for hydroxylation is 1.